The number of benzene rings is 1. The zero-order valence-electron chi connectivity index (χ0n) is 9.00. The van der Waals surface area contributed by atoms with Crippen molar-refractivity contribution in [3.8, 4) is 0 Å². The van der Waals surface area contributed by atoms with E-state index in [2.05, 4.69) is 10.1 Å². The molecule has 16 heavy (non-hydrogen) atoms. The molecule has 0 amide bonds. The summed E-state index contributed by atoms with van der Waals surface area (Å²) < 4.78 is 0. The second-order valence-electron chi connectivity index (χ2n) is 4.06. The van der Waals surface area contributed by atoms with E-state index in [0.717, 1.165) is 31.4 Å². The molecule has 2 rings (SSSR count). The highest BCUT2D eigenvalue weighted by Crippen LogP contribution is 2.30. The minimum Gasteiger partial charge on any atom is -0.369 e. The first-order valence-electron chi connectivity index (χ1n) is 5.48. The van der Waals surface area contributed by atoms with Crippen molar-refractivity contribution in [2.75, 3.05) is 18.0 Å². The summed E-state index contributed by atoms with van der Waals surface area (Å²) in [6.07, 6.45) is 2.93. The molecule has 0 radical (unpaired) electrons. The molecule has 4 nitrogen and oxygen atoms in total. The Labute approximate surface area is 94.2 Å². The summed E-state index contributed by atoms with van der Waals surface area (Å²) >= 11 is 0. The van der Waals surface area contributed by atoms with E-state index < -0.39 is 0 Å². The standard InChI is InChI=1S/C12H14N2O2/c15-9-10-4-3-7-14(8-10)12-6-2-1-5-11(12)13-16/h1-2,5-6,9-10H,3-4,7-8H2. The Kier molecular flexibility index (Phi) is 3.29. The van der Waals surface area contributed by atoms with Gasteiger partial charge in [-0.15, -0.1) is 4.91 Å². The molecule has 1 aromatic rings. The maximum atomic E-state index is 10.8. The molecule has 0 aliphatic carbocycles. The molecule has 1 unspecified atom stereocenters. The highest BCUT2D eigenvalue weighted by atomic mass is 16.3. The van der Waals surface area contributed by atoms with E-state index in [4.69, 9.17) is 0 Å². The Balaban J connectivity index is 2.22. The van der Waals surface area contributed by atoms with Crippen LogP contribution < -0.4 is 4.90 Å². The first kappa shape index (κ1) is 10.8. The molecule has 1 saturated heterocycles. The smallest absolute Gasteiger partial charge is 0.131 e. The number of anilines is 1. The van der Waals surface area contributed by atoms with Crippen LogP contribution in [0.1, 0.15) is 12.8 Å². The number of rotatable bonds is 3. The van der Waals surface area contributed by atoms with E-state index in [1.165, 1.54) is 0 Å². The third kappa shape index (κ3) is 2.10. The van der Waals surface area contributed by atoms with Crippen molar-refractivity contribution in [3.05, 3.63) is 29.2 Å². The lowest BCUT2D eigenvalue weighted by atomic mass is 9.99. The topological polar surface area (TPSA) is 49.7 Å². The van der Waals surface area contributed by atoms with E-state index in [0.29, 0.717) is 12.2 Å². The molecule has 0 spiro atoms. The fourth-order valence-electron chi connectivity index (χ4n) is 2.15. The molecule has 0 saturated carbocycles. The highest BCUT2D eigenvalue weighted by Gasteiger charge is 2.21. The molecule has 0 N–H and O–H groups in total. The summed E-state index contributed by atoms with van der Waals surface area (Å²) in [7, 11) is 0. The fourth-order valence-corrected chi connectivity index (χ4v) is 2.15. The highest BCUT2D eigenvalue weighted by molar-refractivity contribution is 5.68. The Morgan fingerprint density at radius 1 is 1.38 bits per heavy atom. The number of carbonyl (C=O) groups excluding carboxylic acids is 1. The Hall–Kier alpha value is -1.71. The molecule has 4 heteroatoms. The average molecular weight is 218 g/mol. The van der Waals surface area contributed by atoms with Crippen LogP contribution in [-0.4, -0.2) is 19.4 Å². The maximum absolute atomic E-state index is 10.8. The van der Waals surface area contributed by atoms with Crippen molar-refractivity contribution in [1.29, 1.82) is 0 Å². The largest absolute Gasteiger partial charge is 0.369 e. The lowest BCUT2D eigenvalue weighted by Crippen LogP contribution is -2.35. The number of hydrogen-bond donors (Lipinski definition) is 0. The molecular formula is C12H14N2O2. The van der Waals surface area contributed by atoms with Crippen LogP contribution in [0.25, 0.3) is 0 Å². The number of nitroso groups, excluding NO2 is 1. The quantitative estimate of drug-likeness (QED) is 0.578. The molecular weight excluding hydrogens is 204 g/mol. The first-order chi connectivity index (χ1) is 7.85. The van der Waals surface area contributed by atoms with Gasteiger partial charge in [-0.2, -0.15) is 0 Å². The van der Waals surface area contributed by atoms with Gasteiger partial charge in [-0.05, 0) is 30.2 Å². The van der Waals surface area contributed by atoms with Gasteiger partial charge in [0.2, 0.25) is 0 Å². The Bertz CT molecular complexity index is 392. The van der Waals surface area contributed by atoms with Crippen LogP contribution in [0.3, 0.4) is 0 Å². The summed E-state index contributed by atoms with van der Waals surface area (Å²) in [5, 5.41) is 3.02. The van der Waals surface area contributed by atoms with Gasteiger partial charge in [-0.1, -0.05) is 12.1 Å². The van der Waals surface area contributed by atoms with Gasteiger partial charge in [0.15, 0.2) is 0 Å². The molecule has 0 bridgehead atoms. The van der Waals surface area contributed by atoms with Crippen LogP contribution in [0.5, 0.6) is 0 Å². The van der Waals surface area contributed by atoms with Gasteiger partial charge in [-0.25, -0.2) is 0 Å². The normalized spacial score (nSPS) is 20.5. The zero-order valence-corrected chi connectivity index (χ0v) is 9.00. The summed E-state index contributed by atoms with van der Waals surface area (Å²) in [6.45, 7) is 1.58. The van der Waals surface area contributed by atoms with Crippen molar-refractivity contribution in [2.24, 2.45) is 11.1 Å². The van der Waals surface area contributed by atoms with E-state index in [-0.39, 0.29) is 5.92 Å². The predicted molar refractivity (Wildman–Crippen MR) is 62.9 cm³/mol. The summed E-state index contributed by atoms with van der Waals surface area (Å²) in [5.74, 6) is 0.0773. The lowest BCUT2D eigenvalue weighted by molar-refractivity contribution is -0.111. The first-order valence-corrected chi connectivity index (χ1v) is 5.48. The van der Waals surface area contributed by atoms with Crippen LogP contribution in [0.4, 0.5) is 11.4 Å². The van der Waals surface area contributed by atoms with Crippen molar-refractivity contribution in [3.63, 3.8) is 0 Å². The van der Waals surface area contributed by atoms with E-state index in [1.54, 1.807) is 12.1 Å². The number of para-hydroxylation sites is 1. The number of carbonyl (C=O) groups is 1. The minimum atomic E-state index is 0.0773. The molecule has 1 aliphatic rings. The molecule has 1 heterocycles. The Morgan fingerprint density at radius 2 is 2.19 bits per heavy atom. The van der Waals surface area contributed by atoms with Crippen molar-refractivity contribution in [2.45, 2.75) is 12.8 Å². The molecule has 1 aromatic carbocycles. The third-order valence-corrected chi connectivity index (χ3v) is 2.97. The second kappa shape index (κ2) is 4.88. The van der Waals surface area contributed by atoms with Gasteiger partial charge in [-0.3, -0.25) is 0 Å². The number of nitrogens with zero attached hydrogens (tertiary/aromatic N) is 2. The molecule has 1 aliphatic heterocycles. The van der Waals surface area contributed by atoms with Crippen molar-refractivity contribution < 1.29 is 4.79 Å². The van der Waals surface area contributed by atoms with Gasteiger partial charge in [0.25, 0.3) is 0 Å². The molecule has 84 valence electrons. The number of hydrogen-bond acceptors (Lipinski definition) is 4. The van der Waals surface area contributed by atoms with Crippen molar-refractivity contribution in [1.82, 2.24) is 0 Å². The summed E-state index contributed by atoms with van der Waals surface area (Å²) in [4.78, 5) is 23.5. The predicted octanol–water partition coefficient (Wildman–Crippen LogP) is 2.50. The van der Waals surface area contributed by atoms with E-state index in [9.17, 15) is 9.70 Å². The fraction of sp³-hybridized carbons (Fsp3) is 0.417. The van der Waals surface area contributed by atoms with Gasteiger partial charge in [0.1, 0.15) is 12.0 Å². The van der Waals surface area contributed by atoms with Crippen LogP contribution >= 0.6 is 0 Å². The maximum Gasteiger partial charge on any atom is 0.131 e. The third-order valence-electron chi connectivity index (χ3n) is 2.97. The van der Waals surface area contributed by atoms with Gasteiger partial charge in [0, 0.05) is 19.0 Å². The van der Waals surface area contributed by atoms with E-state index >= 15 is 0 Å². The van der Waals surface area contributed by atoms with Crippen LogP contribution in [0.2, 0.25) is 0 Å². The van der Waals surface area contributed by atoms with Gasteiger partial charge in [0.05, 0.1) is 5.69 Å². The van der Waals surface area contributed by atoms with Crippen LogP contribution in [0.15, 0.2) is 29.4 Å². The lowest BCUT2D eigenvalue weighted by Gasteiger charge is -2.32. The zero-order chi connectivity index (χ0) is 11.4. The van der Waals surface area contributed by atoms with Crippen molar-refractivity contribution >= 4 is 17.7 Å². The van der Waals surface area contributed by atoms with Gasteiger partial charge >= 0.3 is 0 Å². The minimum absolute atomic E-state index is 0.0773. The van der Waals surface area contributed by atoms with Crippen LogP contribution in [-0.2, 0) is 4.79 Å². The average Bonchev–Trinajstić information content (AvgIpc) is 2.38. The van der Waals surface area contributed by atoms with E-state index in [1.807, 2.05) is 12.1 Å². The number of piperidine rings is 1. The summed E-state index contributed by atoms with van der Waals surface area (Å²) in [5.41, 5.74) is 1.29. The molecule has 0 aromatic heterocycles. The SMILES string of the molecule is O=CC1CCCN(c2ccccc2N=O)C1. The Morgan fingerprint density at radius 3 is 2.94 bits per heavy atom. The number of aldehydes is 1. The monoisotopic (exact) mass is 218 g/mol. The van der Waals surface area contributed by atoms with Crippen LogP contribution in [0, 0.1) is 10.8 Å². The van der Waals surface area contributed by atoms with Gasteiger partial charge < -0.3 is 9.69 Å². The second-order valence-corrected chi connectivity index (χ2v) is 4.06. The molecule has 1 atom stereocenters. The molecule has 1 fully saturated rings. The summed E-state index contributed by atoms with van der Waals surface area (Å²) in [6, 6.07) is 7.26.